The van der Waals surface area contributed by atoms with Crippen LogP contribution < -0.4 is 10.0 Å². The summed E-state index contributed by atoms with van der Waals surface area (Å²) in [7, 11) is -3.59. The molecule has 0 saturated heterocycles. The number of halogens is 3. The number of alkyl halides is 3. The lowest BCUT2D eigenvalue weighted by atomic mass is 10.2. The van der Waals surface area contributed by atoms with Crippen molar-refractivity contribution in [2.24, 2.45) is 0 Å². The van der Waals surface area contributed by atoms with Gasteiger partial charge in [0.1, 0.15) is 0 Å². The second kappa shape index (κ2) is 6.65. The molecule has 1 aromatic rings. The van der Waals surface area contributed by atoms with Crippen molar-refractivity contribution in [1.82, 2.24) is 4.72 Å². The van der Waals surface area contributed by atoms with Gasteiger partial charge in [0.25, 0.3) is 0 Å². The van der Waals surface area contributed by atoms with Gasteiger partial charge in [-0.2, -0.15) is 13.2 Å². The lowest BCUT2D eigenvalue weighted by Gasteiger charge is -2.17. The van der Waals surface area contributed by atoms with E-state index in [0.29, 0.717) is 5.69 Å². The largest absolute Gasteiger partial charge is 0.391 e. The van der Waals surface area contributed by atoms with Crippen LogP contribution in [0.2, 0.25) is 0 Å². The molecule has 8 heteroatoms. The van der Waals surface area contributed by atoms with Crippen molar-refractivity contribution in [2.45, 2.75) is 50.3 Å². The van der Waals surface area contributed by atoms with Crippen molar-refractivity contribution in [3.8, 4) is 0 Å². The normalized spacial score (nSPS) is 14.2. The summed E-state index contributed by atoms with van der Waals surface area (Å²) < 4.78 is 62.9. The standard InChI is InChI=1S/C13H19F3N2O2S/c1-9(2)18-21(19,20)12-6-4-11(5-7-12)17-10(3)8-13(14,15)16/h4-7,9-10,17-18H,8H2,1-3H3. The number of rotatable bonds is 6. The Bertz CT molecular complexity index is 554. The van der Waals surface area contributed by atoms with E-state index < -0.39 is 28.7 Å². The van der Waals surface area contributed by atoms with Crippen molar-refractivity contribution in [3.05, 3.63) is 24.3 Å². The third-order valence-electron chi connectivity index (χ3n) is 2.51. The van der Waals surface area contributed by atoms with E-state index >= 15 is 0 Å². The quantitative estimate of drug-likeness (QED) is 0.845. The van der Waals surface area contributed by atoms with E-state index in [4.69, 9.17) is 0 Å². The monoisotopic (exact) mass is 324 g/mol. The molecule has 2 N–H and O–H groups in total. The fourth-order valence-electron chi connectivity index (χ4n) is 1.79. The highest BCUT2D eigenvalue weighted by atomic mass is 32.2. The molecule has 120 valence electrons. The molecule has 0 saturated carbocycles. The summed E-state index contributed by atoms with van der Waals surface area (Å²) in [4.78, 5) is 0.0743. The molecule has 21 heavy (non-hydrogen) atoms. The Kier molecular flexibility index (Phi) is 5.63. The first kappa shape index (κ1) is 17.8. The first-order chi connectivity index (χ1) is 9.49. The summed E-state index contributed by atoms with van der Waals surface area (Å²) in [5.74, 6) is 0. The van der Waals surface area contributed by atoms with Gasteiger partial charge in [-0.1, -0.05) is 0 Å². The maximum atomic E-state index is 12.2. The van der Waals surface area contributed by atoms with Gasteiger partial charge < -0.3 is 5.32 Å². The lowest BCUT2D eigenvalue weighted by molar-refractivity contribution is -0.136. The number of hydrogen-bond donors (Lipinski definition) is 2. The Labute approximate surface area is 122 Å². The Hall–Kier alpha value is -1.28. The predicted molar refractivity (Wildman–Crippen MR) is 75.7 cm³/mol. The molecule has 1 aromatic carbocycles. The molecule has 0 spiro atoms. The highest BCUT2D eigenvalue weighted by Gasteiger charge is 2.29. The van der Waals surface area contributed by atoms with Crippen LogP contribution in [0.5, 0.6) is 0 Å². The SMILES string of the molecule is CC(C)NS(=O)(=O)c1ccc(NC(C)CC(F)(F)F)cc1. The Morgan fingerprint density at radius 2 is 1.62 bits per heavy atom. The van der Waals surface area contributed by atoms with Crippen molar-refractivity contribution in [2.75, 3.05) is 5.32 Å². The van der Waals surface area contributed by atoms with E-state index in [9.17, 15) is 21.6 Å². The predicted octanol–water partition coefficient (Wildman–Crippen LogP) is 3.13. The first-order valence-electron chi connectivity index (χ1n) is 6.45. The number of benzene rings is 1. The minimum Gasteiger partial charge on any atom is -0.382 e. The van der Waals surface area contributed by atoms with Gasteiger partial charge in [-0.05, 0) is 45.0 Å². The number of anilines is 1. The summed E-state index contributed by atoms with van der Waals surface area (Å²) in [6, 6.07) is 4.57. The summed E-state index contributed by atoms with van der Waals surface area (Å²) >= 11 is 0. The van der Waals surface area contributed by atoms with E-state index in [1.807, 2.05) is 0 Å². The second-order valence-corrected chi connectivity index (χ2v) is 6.88. The van der Waals surface area contributed by atoms with Crippen LogP contribution >= 0.6 is 0 Å². The molecule has 4 nitrogen and oxygen atoms in total. The van der Waals surface area contributed by atoms with E-state index in [1.54, 1.807) is 13.8 Å². The van der Waals surface area contributed by atoms with Gasteiger partial charge >= 0.3 is 6.18 Å². The zero-order valence-corrected chi connectivity index (χ0v) is 12.8. The van der Waals surface area contributed by atoms with Crippen LogP contribution in [0, 0.1) is 0 Å². The van der Waals surface area contributed by atoms with Crippen LogP contribution in [-0.4, -0.2) is 26.7 Å². The lowest BCUT2D eigenvalue weighted by Crippen LogP contribution is -2.30. The van der Waals surface area contributed by atoms with Crippen molar-refractivity contribution < 1.29 is 21.6 Å². The molecule has 0 bridgehead atoms. The van der Waals surface area contributed by atoms with Gasteiger partial charge in [-0.3, -0.25) is 0 Å². The molecule has 0 aromatic heterocycles. The zero-order valence-electron chi connectivity index (χ0n) is 12.0. The van der Waals surface area contributed by atoms with Crippen molar-refractivity contribution in [1.29, 1.82) is 0 Å². The van der Waals surface area contributed by atoms with E-state index in [2.05, 4.69) is 10.0 Å². The van der Waals surface area contributed by atoms with Gasteiger partial charge in [-0.25, -0.2) is 13.1 Å². The second-order valence-electron chi connectivity index (χ2n) is 5.17. The van der Waals surface area contributed by atoms with E-state index in [-0.39, 0.29) is 10.9 Å². The molecule has 0 radical (unpaired) electrons. The highest BCUT2D eigenvalue weighted by molar-refractivity contribution is 7.89. The summed E-state index contributed by atoms with van der Waals surface area (Å²) in [6.45, 7) is 4.82. The smallest absolute Gasteiger partial charge is 0.382 e. The third kappa shape index (κ3) is 6.34. The summed E-state index contributed by atoms with van der Waals surface area (Å²) in [5.41, 5.74) is 0.440. The van der Waals surface area contributed by atoms with Crippen molar-refractivity contribution >= 4 is 15.7 Å². The van der Waals surface area contributed by atoms with Crippen LogP contribution in [-0.2, 0) is 10.0 Å². The summed E-state index contributed by atoms with van der Waals surface area (Å²) in [6.07, 6.45) is -5.20. The molecule has 1 unspecified atom stereocenters. The van der Waals surface area contributed by atoms with Gasteiger partial charge in [0.15, 0.2) is 0 Å². The van der Waals surface area contributed by atoms with Gasteiger partial charge in [-0.15, -0.1) is 0 Å². The van der Waals surface area contributed by atoms with Gasteiger partial charge in [0, 0.05) is 17.8 Å². The van der Waals surface area contributed by atoms with Crippen LogP contribution in [0.25, 0.3) is 0 Å². The van der Waals surface area contributed by atoms with Crippen molar-refractivity contribution in [3.63, 3.8) is 0 Å². The zero-order chi connectivity index (χ0) is 16.3. The van der Waals surface area contributed by atoms with Gasteiger partial charge in [0.2, 0.25) is 10.0 Å². The third-order valence-corrected chi connectivity index (χ3v) is 4.18. The fraction of sp³-hybridized carbons (Fsp3) is 0.538. The highest BCUT2D eigenvalue weighted by Crippen LogP contribution is 2.23. The number of hydrogen-bond acceptors (Lipinski definition) is 3. The molecule has 0 aliphatic carbocycles. The average molecular weight is 324 g/mol. The van der Waals surface area contributed by atoms with Crippen LogP contribution in [0.4, 0.5) is 18.9 Å². The van der Waals surface area contributed by atoms with Crippen LogP contribution in [0.1, 0.15) is 27.2 Å². The van der Waals surface area contributed by atoms with Crippen LogP contribution in [0.15, 0.2) is 29.2 Å². The number of sulfonamides is 1. The average Bonchev–Trinajstić information content (AvgIpc) is 2.24. The molecule has 0 aliphatic rings. The number of nitrogens with one attached hydrogen (secondary N) is 2. The molecule has 1 rings (SSSR count). The Balaban J connectivity index is 2.75. The molecule has 1 atom stereocenters. The molecule has 0 fully saturated rings. The molecular weight excluding hydrogens is 305 g/mol. The maximum absolute atomic E-state index is 12.2. The first-order valence-corrected chi connectivity index (χ1v) is 7.93. The minimum absolute atomic E-state index is 0.0743. The van der Waals surface area contributed by atoms with E-state index in [0.717, 1.165) is 0 Å². The van der Waals surface area contributed by atoms with E-state index in [1.165, 1.54) is 31.2 Å². The fourth-order valence-corrected chi connectivity index (χ4v) is 3.04. The van der Waals surface area contributed by atoms with Crippen LogP contribution in [0.3, 0.4) is 0 Å². The molecule has 0 aliphatic heterocycles. The van der Waals surface area contributed by atoms with Gasteiger partial charge in [0.05, 0.1) is 11.3 Å². The molecule has 0 heterocycles. The Morgan fingerprint density at radius 3 is 2.05 bits per heavy atom. The molecule has 0 amide bonds. The summed E-state index contributed by atoms with van der Waals surface area (Å²) in [5, 5.41) is 2.68. The topological polar surface area (TPSA) is 58.2 Å². The Morgan fingerprint density at radius 1 is 1.10 bits per heavy atom. The molecular formula is C13H19F3N2O2S. The maximum Gasteiger partial charge on any atom is 0.391 e. The minimum atomic E-state index is -4.24.